The van der Waals surface area contributed by atoms with Gasteiger partial charge in [-0.3, -0.25) is 0 Å². The fourth-order valence-corrected chi connectivity index (χ4v) is 3.10. The van der Waals surface area contributed by atoms with Crippen LogP contribution in [0.2, 0.25) is 0 Å². The van der Waals surface area contributed by atoms with Gasteiger partial charge in [-0.05, 0) is 24.9 Å². The van der Waals surface area contributed by atoms with Crippen molar-refractivity contribution < 1.29 is 0 Å². The van der Waals surface area contributed by atoms with Gasteiger partial charge in [0.25, 0.3) is 0 Å². The Morgan fingerprint density at radius 1 is 1.10 bits per heavy atom. The standard InChI is InChI=1S/C16H23N3S/c1-4-11-17-14(13-9-7-6-8-10-13)16-19-18-15(20-16)12(3)5-2/h6-10,12,14,17H,4-5,11H2,1-3H3. The molecular weight excluding hydrogens is 266 g/mol. The van der Waals surface area contributed by atoms with Crippen LogP contribution in [-0.4, -0.2) is 16.7 Å². The molecular formula is C16H23N3S. The molecule has 0 aliphatic carbocycles. The third kappa shape index (κ3) is 3.64. The summed E-state index contributed by atoms with van der Waals surface area (Å²) in [6.07, 6.45) is 2.22. The van der Waals surface area contributed by atoms with Crippen LogP contribution >= 0.6 is 11.3 Å². The summed E-state index contributed by atoms with van der Waals surface area (Å²) >= 11 is 1.73. The average Bonchev–Trinajstić information content (AvgIpc) is 2.98. The van der Waals surface area contributed by atoms with Crippen molar-refractivity contribution in [1.29, 1.82) is 0 Å². The second kappa shape index (κ2) is 7.50. The van der Waals surface area contributed by atoms with E-state index in [4.69, 9.17) is 0 Å². The SMILES string of the molecule is CCCNC(c1ccccc1)c1nnc(C(C)CC)s1. The van der Waals surface area contributed by atoms with E-state index < -0.39 is 0 Å². The largest absolute Gasteiger partial charge is 0.304 e. The highest BCUT2D eigenvalue weighted by molar-refractivity contribution is 7.11. The topological polar surface area (TPSA) is 37.8 Å². The molecule has 1 heterocycles. The van der Waals surface area contributed by atoms with Gasteiger partial charge in [0.05, 0.1) is 6.04 Å². The summed E-state index contributed by atoms with van der Waals surface area (Å²) in [5, 5.41) is 14.6. The van der Waals surface area contributed by atoms with Crippen LogP contribution in [0, 0.1) is 0 Å². The first-order chi connectivity index (χ1) is 9.76. The van der Waals surface area contributed by atoms with Gasteiger partial charge in [0.1, 0.15) is 10.0 Å². The van der Waals surface area contributed by atoms with Crippen LogP contribution in [0.1, 0.15) is 61.2 Å². The van der Waals surface area contributed by atoms with E-state index in [9.17, 15) is 0 Å². The van der Waals surface area contributed by atoms with Gasteiger partial charge >= 0.3 is 0 Å². The molecule has 2 aromatic rings. The summed E-state index contributed by atoms with van der Waals surface area (Å²) in [7, 11) is 0. The van der Waals surface area contributed by atoms with Crippen LogP contribution in [0.5, 0.6) is 0 Å². The summed E-state index contributed by atoms with van der Waals surface area (Å²) in [5.74, 6) is 0.490. The molecule has 0 saturated carbocycles. The molecule has 0 fully saturated rings. The van der Waals surface area contributed by atoms with Gasteiger partial charge in [-0.2, -0.15) is 0 Å². The monoisotopic (exact) mass is 289 g/mol. The number of aromatic nitrogens is 2. The fourth-order valence-electron chi connectivity index (χ4n) is 2.02. The Morgan fingerprint density at radius 2 is 1.80 bits per heavy atom. The van der Waals surface area contributed by atoms with E-state index in [1.54, 1.807) is 11.3 Å². The summed E-state index contributed by atoms with van der Waals surface area (Å²) in [6, 6.07) is 10.7. The lowest BCUT2D eigenvalue weighted by atomic mass is 10.1. The Kier molecular flexibility index (Phi) is 5.68. The van der Waals surface area contributed by atoms with Crippen LogP contribution in [0.15, 0.2) is 30.3 Å². The van der Waals surface area contributed by atoms with E-state index >= 15 is 0 Å². The molecule has 0 saturated heterocycles. The van der Waals surface area contributed by atoms with E-state index in [-0.39, 0.29) is 6.04 Å². The second-order valence-corrected chi connectivity index (χ2v) is 6.13. The zero-order valence-electron chi connectivity index (χ0n) is 12.5. The van der Waals surface area contributed by atoms with Gasteiger partial charge in [0.15, 0.2) is 0 Å². The summed E-state index contributed by atoms with van der Waals surface area (Å²) in [4.78, 5) is 0. The summed E-state index contributed by atoms with van der Waals surface area (Å²) in [6.45, 7) is 7.56. The van der Waals surface area contributed by atoms with Gasteiger partial charge in [0, 0.05) is 5.92 Å². The molecule has 4 heteroatoms. The first-order valence-electron chi connectivity index (χ1n) is 7.37. The van der Waals surface area contributed by atoms with Crippen LogP contribution < -0.4 is 5.32 Å². The minimum absolute atomic E-state index is 0.159. The third-order valence-corrected chi connectivity index (χ3v) is 4.69. The minimum atomic E-state index is 0.159. The number of nitrogens with zero attached hydrogens (tertiary/aromatic N) is 2. The van der Waals surface area contributed by atoms with Crippen molar-refractivity contribution in [3.8, 4) is 0 Å². The zero-order valence-corrected chi connectivity index (χ0v) is 13.3. The Morgan fingerprint density at radius 3 is 2.45 bits per heavy atom. The number of nitrogens with one attached hydrogen (secondary N) is 1. The van der Waals surface area contributed by atoms with Gasteiger partial charge in [-0.1, -0.05) is 62.4 Å². The van der Waals surface area contributed by atoms with E-state index in [1.807, 2.05) is 6.07 Å². The zero-order chi connectivity index (χ0) is 14.4. The van der Waals surface area contributed by atoms with E-state index in [1.165, 1.54) is 5.56 Å². The smallest absolute Gasteiger partial charge is 0.139 e. The van der Waals surface area contributed by atoms with Crippen LogP contribution in [0.4, 0.5) is 0 Å². The van der Waals surface area contributed by atoms with E-state index in [0.29, 0.717) is 5.92 Å². The Bertz CT molecular complexity index is 509. The van der Waals surface area contributed by atoms with Crippen molar-refractivity contribution in [2.75, 3.05) is 6.54 Å². The molecule has 0 spiro atoms. The van der Waals surface area contributed by atoms with Gasteiger partial charge in [-0.15, -0.1) is 10.2 Å². The predicted octanol–water partition coefficient (Wildman–Crippen LogP) is 4.14. The number of hydrogen-bond acceptors (Lipinski definition) is 4. The third-order valence-electron chi connectivity index (χ3n) is 3.47. The Balaban J connectivity index is 2.24. The van der Waals surface area contributed by atoms with Crippen molar-refractivity contribution in [2.24, 2.45) is 0 Å². The molecule has 1 aromatic heterocycles. The first kappa shape index (κ1) is 15.1. The normalized spacial score (nSPS) is 14.2. The molecule has 3 nitrogen and oxygen atoms in total. The maximum Gasteiger partial charge on any atom is 0.139 e. The molecule has 0 radical (unpaired) electrons. The lowest BCUT2D eigenvalue weighted by Crippen LogP contribution is -2.23. The molecule has 0 amide bonds. The number of benzene rings is 1. The molecule has 108 valence electrons. The van der Waals surface area contributed by atoms with Crippen LogP contribution in [0.25, 0.3) is 0 Å². The molecule has 2 unspecified atom stereocenters. The molecule has 2 atom stereocenters. The van der Waals surface area contributed by atoms with Crippen LogP contribution in [0.3, 0.4) is 0 Å². The Hall–Kier alpha value is -1.26. The molecule has 0 bridgehead atoms. The quantitative estimate of drug-likeness (QED) is 0.832. The van der Waals surface area contributed by atoms with E-state index in [0.717, 1.165) is 29.4 Å². The van der Waals surface area contributed by atoms with Crippen molar-refractivity contribution in [2.45, 2.75) is 45.6 Å². The average molecular weight is 289 g/mol. The highest BCUT2D eigenvalue weighted by atomic mass is 32.1. The van der Waals surface area contributed by atoms with Gasteiger partial charge in [-0.25, -0.2) is 0 Å². The maximum absolute atomic E-state index is 4.42. The maximum atomic E-state index is 4.42. The minimum Gasteiger partial charge on any atom is -0.304 e. The molecule has 0 aliphatic rings. The molecule has 1 aromatic carbocycles. The van der Waals surface area contributed by atoms with Gasteiger partial charge < -0.3 is 5.32 Å². The Labute approximate surface area is 125 Å². The first-order valence-corrected chi connectivity index (χ1v) is 8.19. The molecule has 0 aliphatic heterocycles. The molecule has 20 heavy (non-hydrogen) atoms. The predicted molar refractivity (Wildman–Crippen MR) is 85.2 cm³/mol. The number of rotatable bonds is 7. The lowest BCUT2D eigenvalue weighted by Gasteiger charge is -2.15. The fraction of sp³-hybridized carbons (Fsp3) is 0.500. The second-order valence-electron chi connectivity index (χ2n) is 5.09. The van der Waals surface area contributed by atoms with Crippen molar-refractivity contribution >= 4 is 11.3 Å². The summed E-state index contributed by atoms with van der Waals surface area (Å²) < 4.78 is 0. The van der Waals surface area contributed by atoms with Crippen molar-refractivity contribution in [1.82, 2.24) is 15.5 Å². The van der Waals surface area contributed by atoms with Crippen molar-refractivity contribution in [3.63, 3.8) is 0 Å². The molecule has 2 rings (SSSR count). The van der Waals surface area contributed by atoms with E-state index in [2.05, 4.69) is 60.6 Å². The number of hydrogen-bond donors (Lipinski definition) is 1. The highest BCUT2D eigenvalue weighted by Crippen LogP contribution is 2.29. The highest BCUT2D eigenvalue weighted by Gasteiger charge is 2.19. The molecule has 1 N–H and O–H groups in total. The van der Waals surface area contributed by atoms with Gasteiger partial charge in [0.2, 0.25) is 0 Å². The van der Waals surface area contributed by atoms with Crippen molar-refractivity contribution in [3.05, 3.63) is 45.9 Å². The summed E-state index contributed by atoms with van der Waals surface area (Å²) in [5.41, 5.74) is 1.26. The lowest BCUT2D eigenvalue weighted by molar-refractivity contribution is 0.591. The van der Waals surface area contributed by atoms with Crippen LogP contribution in [-0.2, 0) is 0 Å².